The Labute approximate surface area is 122 Å². The number of benzene rings is 1. The topological polar surface area (TPSA) is 70.8 Å². The number of rotatable bonds is 2. The van der Waals surface area contributed by atoms with Gasteiger partial charge in [-0.2, -0.15) is 0 Å². The predicted octanol–water partition coefficient (Wildman–Crippen LogP) is 1.90. The van der Waals surface area contributed by atoms with E-state index >= 15 is 0 Å². The van der Waals surface area contributed by atoms with Crippen LogP contribution in [0.1, 0.15) is 29.6 Å². The first-order valence-electron chi connectivity index (χ1n) is 7.06. The summed E-state index contributed by atoms with van der Waals surface area (Å²) in [5, 5.41) is 0. The van der Waals surface area contributed by atoms with Gasteiger partial charge in [-0.15, -0.1) is 0 Å². The van der Waals surface area contributed by atoms with Gasteiger partial charge in [0.25, 0.3) is 0 Å². The van der Waals surface area contributed by atoms with Crippen LogP contribution in [0.4, 0.5) is 10.1 Å². The van der Waals surface area contributed by atoms with Crippen molar-refractivity contribution in [1.29, 1.82) is 0 Å². The fraction of sp³-hybridized carbons (Fsp3) is 0.533. The number of carbonyl (C=O) groups excluding carboxylic acids is 1. The molecule has 5 nitrogen and oxygen atoms in total. The van der Waals surface area contributed by atoms with Crippen molar-refractivity contribution in [2.45, 2.75) is 31.0 Å². The third kappa shape index (κ3) is 3.01. The molecule has 0 aliphatic carbocycles. The zero-order chi connectivity index (χ0) is 14.9. The second-order valence-corrected chi connectivity index (χ2v) is 5.59. The molecule has 2 aliphatic heterocycles. The molecule has 114 valence electrons. The Bertz CT molecular complexity index is 542. The smallest absolute Gasteiger partial charge is 0.338 e. The number of esters is 1. The van der Waals surface area contributed by atoms with Gasteiger partial charge in [-0.05, 0) is 18.2 Å². The van der Waals surface area contributed by atoms with Crippen LogP contribution in [-0.4, -0.2) is 37.5 Å². The van der Waals surface area contributed by atoms with Crippen molar-refractivity contribution in [3.05, 3.63) is 29.6 Å². The van der Waals surface area contributed by atoms with Crippen LogP contribution in [0.25, 0.3) is 0 Å². The Morgan fingerprint density at radius 3 is 3.00 bits per heavy atom. The average molecular weight is 295 g/mol. The molecule has 6 heteroatoms. The van der Waals surface area contributed by atoms with E-state index in [1.165, 1.54) is 18.2 Å². The number of hydrogen-bond donors (Lipinski definition) is 1. The van der Waals surface area contributed by atoms with E-state index in [-0.39, 0.29) is 23.0 Å². The molecule has 3 rings (SSSR count). The molecular formula is C15H18FNO4. The second kappa shape index (κ2) is 5.61. The minimum Gasteiger partial charge on any atom is -0.459 e. The largest absolute Gasteiger partial charge is 0.459 e. The fourth-order valence-corrected chi connectivity index (χ4v) is 2.84. The molecule has 0 amide bonds. The number of nitrogen functional groups attached to an aromatic ring is 1. The molecule has 0 radical (unpaired) electrons. The highest BCUT2D eigenvalue weighted by Crippen LogP contribution is 2.34. The third-order valence-corrected chi connectivity index (χ3v) is 4.02. The summed E-state index contributed by atoms with van der Waals surface area (Å²) in [6.07, 6.45) is 1.91. The van der Waals surface area contributed by atoms with E-state index in [1.807, 2.05) is 0 Å². The molecule has 0 saturated carbocycles. The molecule has 1 spiro atoms. The van der Waals surface area contributed by atoms with Gasteiger partial charge in [0.15, 0.2) is 0 Å². The summed E-state index contributed by atoms with van der Waals surface area (Å²) in [5.41, 5.74) is 5.36. The van der Waals surface area contributed by atoms with Crippen molar-refractivity contribution in [3.63, 3.8) is 0 Å². The molecule has 2 N–H and O–H groups in total. The minimum atomic E-state index is -0.542. The number of anilines is 1. The first-order chi connectivity index (χ1) is 10.1. The van der Waals surface area contributed by atoms with Crippen LogP contribution < -0.4 is 5.73 Å². The van der Waals surface area contributed by atoms with Gasteiger partial charge in [-0.1, -0.05) is 0 Å². The fourth-order valence-electron chi connectivity index (χ4n) is 2.84. The van der Waals surface area contributed by atoms with Crippen molar-refractivity contribution in [2.24, 2.45) is 0 Å². The highest BCUT2D eigenvalue weighted by Gasteiger charge is 2.42. The molecule has 2 aliphatic rings. The normalized spacial score (nSPS) is 28.7. The average Bonchev–Trinajstić information content (AvgIpc) is 2.89. The molecule has 2 fully saturated rings. The van der Waals surface area contributed by atoms with Crippen molar-refractivity contribution < 1.29 is 23.4 Å². The number of hydrogen-bond acceptors (Lipinski definition) is 5. The zero-order valence-corrected chi connectivity index (χ0v) is 11.6. The van der Waals surface area contributed by atoms with Gasteiger partial charge in [0.2, 0.25) is 0 Å². The van der Waals surface area contributed by atoms with Gasteiger partial charge in [-0.3, -0.25) is 0 Å². The van der Waals surface area contributed by atoms with Crippen LogP contribution in [0, 0.1) is 5.82 Å². The summed E-state index contributed by atoms with van der Waals surface area (Å²) in [7, 11) is 0. The molecule has 2 unspecified atom stereocenters. The zero-order valence-electron chi connectivity index (χ0n) is 11.6. The van der Waals surface area contributed by atoms with E-state index in [0.717, 1.165) is 6.42 Å². The number of carbonyl (C=O) groups is 1. The lowest BCUT2D eigenvalue weighted by molar-refractivity contribution is -0.120. The Balaban J connectivity index is 1.65. The van der Waals surface area contributed by atoms with Crippen molar-refractivity contribution in [2.75, 3.05) is 25.6 Å². The van der Waals surface area contributed by atoms with Gasteiger partial charge >= 0.3 is 5.97 Å². The van der Waals surface area contributed by atoms with Crippen molar-refractivity contribution >= 4 is 11.7 Å². The van der Waals surface area contributed by atoms with Crippen LogP contribution in [-0.2, 0) is 14.2 Å². The summed E-state index contributed by atoms with van der Waals surface area (Å²) >= 11 is 0. The second-order valence-electron chi connectivity index (χ2n) is 5.59. The van der Waals surface area contributed by atoms with Crippen LogP contribution in [0.3, 0.4) is 0 Å². The molecule has 1 aromatic carbocycles. The molecule has 0 bridgehead atoms. The Kier molecular flexibility index (Phi) is 3.82. The van der Waals surface area contributed by atoms with Crippen LogP contribution in [0.15, 0.2) is 18.2 Å². The molecular weight excluding hydrogens is 277 g/mol. The molecule has 2 atom stereocenters. The third-order valence-electron chi connectivity index (χ3n) is 4.02. The van der Waals surface area contributed by atoms with E-state index in [1.54, 1.807) is 0 Å². The number of ether oxygens (including phenoxy) is 3. The standard InChI is InChI=1S/C15H18FNO4/c16-12-2-1-10(7-13(12)17)14(18)21-11-3-5-20-15(8-11)4-6-19-9-15/h1-2,7,11H,3-6,8-9,17H2. The van der Waals surface area contributed by atoms with E-state index in [4.69, 9.17) is 19.9 Å². The van der Waals surface area contributed by atoms with E-state index < -0.39 is 11.8 Å². The highest BCUT2D eigenvalue weighted by atomic mass is 19.1. The maximum atomic E-state index is 13.1. The maximum Gasteiger partial charge on any atom is 0.338 e. The SMILES string of the molecule is Nc1cc(C(=O)OC2CCOC3(CCOC3)C2)ccc1F. The summed E-state index contributed by atoms with van der Waals surface area (Å²) < 4.78 is 29.8. The van der Waals surface area contributed by atoms with Gasteiger partial charge in [-0.25, -0.2) is 9.18 Å². The van der Waals surface area contributed by atoms with E-state index in [9.17, 15) is 9.18 Å². The lowest BCUT2D eigenvalue weighted by Crippen LogP contribution is -2.43. The highest BCUT2D eigenvalue weighted by molar-refractivity contribution is 5.90. The molecule has 21 heavy (non-hydrogen) atoms. The Morgan fingerprint density at radius 1 is 1.43 bits per heavy atom. The van der Waals surface area contributed by atoms with Crippen LogP contribution in [0.2, 0.25) is 0 Å². The number of halogens is 1. The van der Waals surface area contributed by atoms with Crippen molar-refractivity contribution in [1.82, 2.24) is 0 Å². The predicted molar refractivity (Wildman–Crippen MR) is 73.4 cm³/mol. The van der Waals surface area contributed by atoms with E-state index in [0.29, 0.717) is 32.7 Å². The first-order valence-corrected chi connectivity index (χ1v) is 7.06. The molecule has 0 aromatic heterocycles. The van der Waals surface area contributed by atoms with Gasteiger partial charge in [0, 0.05) is 25.9 Å². The number of nitrogens with two attached hydrogens (primary N) is 1. The summed E-state index contributed by atoms with van der Waals surface area (Å²) in [6.45, 7) is 1.77. The van der Waals surface area contributed by atoms with Crippen molar-refractivity contribution in [3.8, 4) is 0 Å². The summed E-state index contributed by atoms with van der Waals surface area (Å²) in [6, 6.07) is 3.84. The lowest BCUT2D eigenvalue weighted by atomic mass is 9.91. The monoisotopic (exact) mass is 295 g/mol. The Morgan fingerprint density at radius 2 is 2.29 bits per heavy atom. The lowest BCUT2D eigenvalue weighted by Gasteiger charge is -2.36. The quantitative estimate of drug-likeness (QED) is 0.666. The molecule has 1 aromatic rings. The maximum absolute atomic E-state index is 13.1. The van der Waals surface area contributed by atoms with E-state index in [2.05, 4.69) is 0 Å². The van der Waals surface area contributed by atoms with Crippen LogP contribution >= 0.6 is 0 Å². The van der Waals surface area contributed by atoms with Gasteiger partial charge in [0.05, 0.1) is 30.1 Å². The Hall–Kier alpha value is -1.66. The molecule has 2 saturated heterocycles. The van der Waals surface area contributed by atoms with Gasteiger partial charge < -0.3 is 19.9 Å². The summed E-state index contributed by atoms with van der Waals surface area (Å²) in [5.74, 6) is -1.03. The molecule has 2 heterocycles. The summed E-state index contributed by atoms with van der Waals surface area (Å²) in [4.78, 5) is 12.1. The van der Waals surface area contributed by atoms with Crippen LogP contribution in [0.5, 0.6) is 0 Å². The first kappa shape index (κ1) is 14.3. The minimum absolute atomic E-state index is 0.0582. The van der Waals surface area contributed by atoms with Gasteiger partial charge in [0.1, 0.15) is 11.9 Å².